The zero-order valence-corrected chi connectivity index (χ0v) is 60.8. The van der Waals surface area contributed by atoms with E-state index in [1.54, 1.807) is 0 Å². The van der Waals surface area contributed by atoms with Gasteiger partial charge in [-0.1, -0.05) is 328 Å². The Balaban J connectivity index is 0.000000150. The minimum absolute atomic E-state index is 0.901. The van der Waals surface area contributed by atoms with Gasteiger partial charge < -0.3 is 23.5 Å². The third kappa shape index (κ3) is 13.4. The van der Waals surface area contributed by atoms with Crippen LogP contribution in [0.1, 0.15) is 0 Å². The van der Waals surface area contributed by atoms with Crippen LogP contribution in [-0.2, 0) is 0 Å². The second-order valence-corrected chi connectivity index (χ2v) is 27.9. The average molecular weight is 1420 g/mol. The number of nitrogens with zero attached hydrogens (tertiary/aromatic N) is 3. The van der Waals surface area contributed by atoms with Crippen LogP contribution < -0.4 is 14.7 Å². The van der Waals surface area contributed by atoms with Gasteiger partial charge in [-0.05, 0) is 187 Å². The number of furan rings is 2. The number of para-hydroxylation sites is 5. The molecule has 0 saturated carbocycles. The standard InChI is InChI=1S/C54H35NO2.C52H38N2/c1-2-10-36(11-3-1)37-20-22-38(23-21-37)39-24-30-42(31-25-39)55(43-32-26-40(27-33-43)45-14-8-16-49-47-12-4-6-18-51(47)56-53(45)49)44-34-28-41(29-35-44)46-15-9-17-50-48-13-5-7-19-52(48)57-54(46)50;1-4-13-39(14-5-1)41-23-31-47(32-24-41)53(48-33-25-42(26-34-48)40-15-6-2-7-16-40)49-35-27-43(28-36-49)44-29-37-50(38-30-44)54(46-19-8-3-9-20-46)52-22-12-18-45-17-10-11-21-51(45)52/h1-35H;1-38H. The van der Waals surface area contributed by atoms with E-state index in [0.29, 0.717) is 0 Å². The highest BCUT2D eigenvalue weighted by Crippen LogP contribution is 2.45. The van der Waals surface area contributed by atoms with E-state index in [0.717, 1.165) is 117 Å². The highest BCUT2D eigenvalue weighted by molar-refractivity contribution is 6.11. The van der Waals surface area contributed by atoms with Gasteiger partial charge >= 0.3 is 0 Å². The molecule has 2 heterocycles. The molecule has 524 valence electrons. The van der Waals surface area contributed by atoms with E-state index in [1.807, 2.05) is 24.3 Å². The van der Waals surface area contributed by atoms with Crippen molar-refractivity contribution in [1.82, 2.24) is 0 Å². The first-order chi connectivity index (χ1) is 55.0. The van der Waals surface area contributed by atoms with Crippen molar-refractivity contribution < 1.29 is 8.83 Å². The summed E-state index contributed by atoms with van der Waals surface area (Å²) in [7, 11) is 0. The molecule has 0 N–H and O–H groups in total. The van der Waals surface area contributed by atoms with Crippen molar-refractivity contribution >= 4 is 106 Å². The Morgan fingerprint density at radius 1 is 0.144 bits per heavy atom. The first kappa shape index (κ1) is 66.9. The van der Waals surface area contributed by atoms with E-state index in [2.05, 4.69) is 433 Å². The van der Waals surface area contributed by atoms with Crippen LogP contribution in [0.2, 0.25) is 0 Å². The van der Waals surface area contributed by atoms with E-state index >= 15 is 0 Å². The lowest BCUT2D eigenvalue weighted by molar-refractivity contribution is 0.669. The van der Waals surface area contributed by atoms with Crippen molar-refractivity contribution in [2.75, 3.05) is 14.7 Å². The molecule has 5 heteroatoms. The number of hydrogen-bond acceptors (Lipinski definition) is 5. The molecule has 20 rings (SSSR count). The molecule has 5 nitrogen and oxygen atoms in total. The summed E-state index contributed by atoms with van der Waals surface area (Å²) in [4.78, 5) is 7.00. The summed E-state index contributed by atoms with van der Waals surface area (Å²) in [5, 5.41) is 6.96. The predicted molar refractivity (Wildman–Crippen MR) is 467 cm³/mol. The van der Waals surface area contributed by atoms with E-state index in [4.69, 9.17) is 8.83 Å². The van der Waals surface area contributed by atoms with Crippen LogP contribution in [0.5, 0.6) is 0 Å². The van der Waals surface area contributed by atoms with E-state index in [1.165, 1.54) is 66.4 Å². The first-order valence-corrected chi connectivity index (χ1v) is 37.8. The Bertz CT molecular complexity index is 6360. The summed E-state index contributed by atoms with van der Waals surface area (Å²) >= 11 is 0. The lowest BCUT2D eigenvalue weighted by Crippen LogP contribution is -2.10. The molecule has 111 heavy (non-hydrogen) atoms. The summed E-state index contributed by atoms with van der Waals surface area (Å²) < 4.78 is 12.8. The van der Waals surface area contributed by atoms with Gasteiger partial charge in [-0.3, -0.25) is 0 Å². The van der Waals surface area contributed by atoms with Crippen LogP contribution in [-0.4, -0.2) is 0 Å². The van der Waals surface area contributed by atoms with Gasteiger partial charge in [0.15, 0.2) is 0 Å². The summed E-state index contributed by atoms with van der Waals surface area (Å²) in [5.74, 6) is 0. The number of hydrogen-bond donors (Lipinski definition) is 0. The van der Waals surface area contributed by atoms with Crippen molar-refractivity contribution in [3.8, 4) is 77.9 Å². The van der Waals surface area contributed by atoms with Gasteiger partial charge in [0.1, 0.15) is 22.3 Å². The smallest absolute Gasteiger partial charge is 0.143 e. The van der Waals surface area contributed by atoms with Crippen molar-refractivity contribution in [2.45, 2.75) is 0 Å². The summed E-state index contributed by atoms with van der Waals surface area (Å²) in [6.45, 7) is 0. The molecule has 0 spiro atoms. The normalized spacial score (nSPS) is 11.2. The highest BCUT2D eigenvalue weighted by atomic mass is 16.3. The molecule has 20 aromatic rings. The maximum atomic E-state index is 6.41. The first-order valence-electron chi connectivity index (χ1n) is 37.8. The Morgan fingerprint density at radius 3 is 0.730 bits per heavy atom. The quantitative estimate of drug-likeness (QED) is 0.0963. The maximum absolute atomic E-state index is 6.41. The zero-order chi connectivity index (χ0) is 73.8. The third-order valence-corrected chi connectivity index (χ3v) is 21.2. The van der Waals surface area contributed by atoms with Crippen LogP contribution >= 0.6 is 0 Å². The van der Waals surface area contributed by atoms with Gasteiger partial charge in [-0.2, -0.15) is 0 Å². The molecule has 0 atom stereocenters. The number of anilines is 9. The van der Waals surface area contributed by atoms with E-state index in [-0.39, 0.29) is 0 Å². The van der Waals surface area contributed by atoms with Crippen molar-refractivity contribution in [2.24, 2.45) is 0 Å². The molecule has 0 saturated heterocycles. The van der Waals surface area contributed by atoms with E-state index in [9.17, 15) is 0 Å². The SMILES string of the molecule is c1ccc(-c2ccc(-c3ccc(N(c4ccc(-c5cccc6c5oc5ccccc56)cc4)c4ccc(-c5cccc6c5oc5ccccc56)cc4)cc3)cc2)cc1.c1ccc(-c2ccc(N(c3ccc(-c4ccccc4)cc3)c3ccc(-c4ccc(N(c5ccccc5)c5cccc6ccccc56)cc4)cc3)cc2)cc1. The lowest BCUT2D eigenvalue weighted by Gasteiger charge is -2.27. The van der Waals surface area contributed by atoms with Gasteiger partial charge in [0.05, 0.1) is 5.69 Å². The lowest BCUT2D eigenvalue weighted by atomic mass is 9.99. The largest absolute Gasteiger partial charge is 0.455 e. The Morgan fingerprint density at radius 2 is 0.378 bits per heavy atom. The van der Waals surface area contributed by atoms with Crippen LogP contribution in [0, 0.1) is 0 Å². The predicted octanol–water partition coefficient (Wildman–Crippen LogP) is 30.4. The van der Waals surface area contributed by atoms with Gasteiger partial charge in [0.25, 0.3) is 0 Å². The van der Waals surface area contributed by atoms with Gasteiger partial charge in [-0.15, -0.1) is 0 Å². The maximum Gasteiger partial charge on any atom is 0.143 e. The summed E-state index contributed by atoms with van der Waals surface area (Å²) in [6.07, 6.45) is 0. The molecule has 0 aliphatic carbocycles. The van der Waals surface area contributed by atoms with Crippen LogP contribution in [0.3, 0.4) is 0 Å². The molecular formula is C106H73N3O2. The molecule has 0 aliphatic heterocycles. The van der Waals surface area contributed by atoms with Gasteiger partial charge in [-0.25, -0.2) is 0 Å². The molecule has 0 radical (unpaired) electrons. The average Bonchev–Trinajstić information content (AvgIpc) is 1.65. The second kappa shape index (κ2) is 29.9. The third-order valence-electron chi connectivity index (χ3n) is 21.2. The molecule has 2 aromatic heterocycles. The zero-order valence-electron chi connectivity index (χ0n) is 60.8. The molecule has 0 aliphatic rings. The number of fused-ring (bicyclic) bond motifs is 7. The molecule has 18 aromatic carbocycles. The van der Waals surface area contributed by atoms with Gasteiger partial charge in [0.2, 0.25) is 0 Å². The van der Waals surface area contributed by atoms with Crippen LogP contribution in [0.4, 0.5) is 51.2 Å². The fraction of sp³-hybridized carbons (Fsp3) is 0. The number of rotatable bonds is 16. The monoisotopic (exact) mass is 1420 g/mol. The molecule has 0 fully saturated rings. The molecular weight excluding hydrogens is 1350 g/mol. The highest BCUT2D eigenvalue weighted by Gasteiger charge is 2.21. The molecule has 0 unspecified atom stereocenters. The Hall–Kier alpha value is -14.8. The molecule has 0 bridgehead atoms. The van der Waals surface area contributed by atoms with E-state index < -0.39 is 0 Å². The van der Waals surface area contributed by atoms with Crippen LogP contribution in [0.25, 0.3) is 133 Å². The minimum Gasteiger partial charge on any atom is -0.455 e. The number of benzene rings is 18. The van der Waals surface area contributed by atoms with Crippen LogP contribution in [0.15, 0.2) is 452 Å². The minimum atomic E-state index is 0.901. The molecule has 0 amide bonds. The van der Waals surface area contributed by atoms with Crippen molar-refractivity contribution in [3.05, 3.63) is 443 Å². The summed E-state index contributed by atoms with van der Waals surface area (Å²) in [5.41, 5.74) is 29.8. The van der Waals surface area contributed by atoms with Crippen molar-refractivity contribution in [3.63, 3.8) is 0 Å². The summed E-state index contributed by atoms with van der Waals surface area (Å²) in [6, 6.07) is 157. The fourth-order valence-electron chi connectivity index (χ4n) is 15.6. The van der Waals surface area contributed by atoms with Crippen molar-refractivity contribution in [1.29, 1.82) is 0 Å². The Labute approximate surface area is 646 Å². The fourth-order valence-corrected chi connectivity index (χ4v) is 15.6. The van der Waals surface area contributed by atoms with Gasteiger partial charge in [0, 0.05) is 83.6 Å². The Kier molecular flexibility index (Phi) is 18.0. The topological polar surface area (TPSA) is 36.0 Å². The second-order valence-electron chi connectivity index (χ2n) is 27.9.